The van der Waals surface area contributed by atoms with Gasteiger partial charge in [-0.05, 0) is 38.9 Å². The average Bonchev–Trinajstić information content (AvgIpc) is 2.39. The van der Waals surface area contributed by atoms with Crippen molar-refractivity contribution in [3.63, 3.8) is 0 Å². The monoisotopic (exact) mass is 248 g/mol. The second-order valence-electron chi connectivity index (χ2n) is 4.96. The lowest BCUT2D eigenvalue weighted by atomic mass is 9.87. The van der Waals surface area contributed by atoms with Crippen molar-refractivity contribution >= 4 is 11.7 Å². The maximum Gasteiger partial charge on any atom is 0.324 e. The van der Waals surface area contributed by atoms with Crippen LogP contribution in [0.2, 0.25) is 0 Å². The van der Waals surface area contributed by atoms with Crippen LogP contribution in [0.25, 0.3) is 0 Å². The molecule has 0 radical (unpaired) electrons. The predicted octanol–water partition coefficient (Wildman–Crippen LogP) is 1.64. The number of nitrogens with one attached hydrogen (secondary N) is 1. The molecular weight excluding hydrogens is 228 g/mol. The number of hydrogen-bond donors (Lipinski definition) is 2. The fraction of sp³-hybridized carbons (Fsp3) is 0.500. The predicted molar refractivity (Wildman–Crippen MR) is 72.1 cm³/mol. The molecule has 0 unspecified atom stereocenters. The van der Waals surface area contributed by atoms with Gasteiger partial charge in [0.1, 0.15) is 5.54 Å². The number of anilines is 1. The molecule has 0 aromatic heterocycles. The van der Waals surface area contributed by atoms with Gasteiger partial charge in [-0.1, -0.05) is 17.7 Å². The zero-order valence-corrected chi connectivity index (χ0v) is 10.9. The van der Waals surface area contributed by atoms with Crippen molar-refractivity contribution < 1.29 is 9.90 Å². The molecule has 0 amide bonds. The summed E-state index contributed by atoms with van der Waals surface area (Å²) in [6.45, 7) is 3.61. The van der Waals surface area contributed by atoms with Crippen molar-refractivity contribution in [1.82, 2.24) is 5.32 Å². The Hall–Kier alpha value is -1.55. The zero-order valence-electron chi connectivity index (χ0n) is 10.9. The van der Waals surface area contributed by atoms with Gasteiger partial charge in [-0.2, -0.15) is 0 Å². The van der Waals surface area contributed by atoms with Gasteiger partial charge in [0, 0.05) is 18.8 Å². The summed E-state index contributed by atoms with van der Waals surface area (Å²) in [7, 11) is 1.73. The average molecular weight is 248 g/mol. The summed E-state index contributed by atoms with van der Waals surface area (Å²) in [5.74, 6) is -0.742. The fourth-order valence-corrected chi connectivity index (χ4v) is 2.47. The lowest BCUT2D eigenvalue weighted by Gasteiger charge is -2.39. The number of rotatable bonds is 3. The first-order valence-electron chi connectivity index (χ1n) is 6.31. The van der Waals surface area contributed by atoms with Crippen molar-refractivity contribution in [3.8, 4) is 0 Å². The normalized spacial score (nSPS) is 18.7. The molecule has 1 heterocycles. The molecule has 1 aromatic rings. The Bertz CT molecular complexity index is 420. The molecule has 18 heavy (non-hydrogen) atoms. The maximum absolute atomic E-state index is 11.3. The number of benzene rings is 1. The highest BCUT2D eigenvalue weighted by Gasteiger charge is 2.40. The SMILES string of the molecule is CNC1(C(=O)O)CCN(c2ccc(C)cc2)CC1. The van der Waals surface area contributed by atoms with Crippen molar-refractivity contribution in [2.24, 2.45) is 0 Å². The largest absolute Gasteiger partial charge is 0.480 e. The first-order chi connectivity index (χ1) is 8.57. The van der Waals surface area contributed by atoms with Crippen LogP contribution in [0.5, 0.6) is 0 Å². The summed E-state index contributed by atoms with van der Waals surface area (Å²) in [6.07, 6.45) is 1.26. The lowest BCUT2D eigenvalue weighted by molar-refractivity contribution is -0.145. The molecule has 0 atom stereocenters. The Morgan fingerprint density at radius 2 is 1.83 bits per heavy atom. The standard InChI is InChI=1S/C14H20N2O2/c1-11-3-5-12(6-4-11)16-9-7-14(15-2,8-10-16)13(17)18/h3-6,15H,7-10H2,1-2H3,(H,17,18). The number of likely N-dealkylation sites (N-methyl/N-ethyl adjacent to an activating group) is 1. The number of nitrogens with zero attached hydrogens (tertiary/aromatic N) is 1. The number of carboxylic acids is 1. The third-order valence-corrected chi connectivity index (χ3v) is 3.90. The fourth-order valence-electron chi connectivity index (χ4n) is 2.47. The molecule has 2 N–H and O–H groups in total. The number of carboxylic acid groups (broad SMARTS) is 1. The molecule has 1 aromatic carbocycles. The van der Waals surface area contributed by atoms with Crippen molar-refractivity contribution in [2.45, 2.75) is 25.3 Å². The Morgan fingerprint density at radius 3 is 2.28 bits per heavy atom. The van der Waals surface area contributed by atoms with Gasteiger partial charge in [-0.15, -0.1) is 0 Å². The molecule has 98 valence electrons. The van der Waals surface area contributed by atoms with E-state index in [9.17, 15) is 9.90 Å². The third-order valence-electron chi connectivity index (χ3n) is 3.90. The molecule has 1 aliphatic heterocycles. The Kier molecular flexibility index (Phi) is 3.57. The highest BCUT2D eigenvalue weighted by molar-refractivity contribution is 5.79. The van der Waals surface area contributed by atoms with E-state index in [1.54, 1.807) is 7.05 Å². The van der Waals surface area contributed by atoms with Crippen molar-refractivity contribution in [2.75, 3.05) is 25.0 Å². The highest BCUT2D eigenvalue weighted by Crippen LogP contribution is 2.26. The van der Waals surface area contributed by atoms with Crippen molar-refractivity contribution in [1.29, 1.82) is 0 Å². The summed E-state index contributed by atoms with van der Waals surface area (Å²) in [5.41, 5.74) is 1.67. The van der Waals surface area contributed by atoms with Crippen LogP contribution in [0.4, 0.5) is 5.69 Å². The van der Waals surface area contributed by atoms with E-state index in [0.717, 1.165) is 13.1 Å². The van der Waals surface area contributed by atoms with Gasteiger partial charge in [0.2, 0.25) is 0 Å². The van der Waals surface area contributed by atoms with Crippen LogP contribution in [-0.2, 0) is 4.79 Å². The summed E-state index contributed by atoms with van der Waals surface area (Å²) in [5, 5.41) is 12.3. The lowest BCUT2D eigenvalue weighted by Crippen LogP contribution is -2.57. The van der Waals surface area contributed by atoms with E-state index in [1.165, 1.54) is 11.3 Å². The Balaban J connectivity index is 2.06. The second kappa shape index (κ2) is 4.98. The molecule has 0 spiro atoms. The smallest absolute Gasteiger partial charge is 0.324 e. The molecule has 0 saturated carbocycles. The van der Waals surface area contributed by atoms with Crippen molar-refractivity contribution in [3.05, 3.63) is 29.8 Å². The van der Waals surface area contributed by atoms with Gasteiger partial charge < -0.3 is 15.3 Å². The number of aliphatic carboxylic acids is 1. The molecule has 0 aliphatic carbocycles. The molecule has 2 rings (SSSR count). The summed E-state index contributed by atoms with van der Waals surface area (Å²) >= 11 is 0. The number of aryl methyl sites for hydroxylation is 1. The van der Waals surface area contributed by atoms with E-state index in [4.69, 9.17) is 0 Å². The Labute approximate surface area is 108 Å². The molecular formula is C14H20N2O2. The maximum atomic E-state index is 11.3. The minimum Gasteiger partial charge on any atom is -0.480 e. The summed E-state index contributed by atoms with van der Waals surface area (Å²) in [4.78, 5) is 13.6. The van der Waals surface area contributed by atoms with Crippen LogP contribution in [-0.4, -0.2) is 36.8 Å². The summed E-state index contributed by atoms with van der Waals surface area (Å²) < 4.78 is 0. The van der Waals surface area contributed by atoms with E-state index in [2.05, 4.69) is 41.4 Å². The van der Waals surface area contributed by atoms with Crippen LogP contribution in [0, 0.1) is 6.92 Å². The van der Waals surface area contributed by atoms with Gasteiger partial charge in [0.15, 0.2) is 0 Å². The van der Waals surface area contributed by atoms with Crippen LogP contribution in [0.15, 0.2) is 24.3 Å². The van der Waals surface area contributed by atoms with Crippen LogP contribution in [0.3, 0.4) is 0 Å². The second-order valence-corrected chi connectivity index (χ2v) is 4.96. The Morgan fingerprint density at radius 1 is 1.28 bits per heavy atom. The van der Waals surface area contributed by atoms with E-state index >= 15 is 0 Å². The van der Waals surface area contributed by atoms with Crippen LogP contribution < -0.4 is 10.2 Å². The third kappa shape index (κ3) is 2.34. The molecule has 1 fully saturated rings. The van der Waals surface area contributed by atoms with E-state index in [-0.39, 0.29) is 0 Å². The topological polar surface area (TPSA) is 52.6 Å². The van der Waals surface area contributed by atoms with E-state index < -0.39 is 11.5 Å². The first-order valence-corrected chi connectivity index (χ1v) is 6.31. The van der Waals surface area contributed by atoms with Gasteiger partial charge >= 0.3 is 5.97 Å². The molecule has 4 heteroatoms. The molecule has 0 bridgehead atoms. The highest BCUT2D eigenvalue weighted by atomic mass is 16.4. The molecule has 1 aliphatic rings. The minimum absolute atomic E-state index is 0.632. The first kappa shape index (κ1) is 12.9. The van der Waals surface area contributed by atoms with E-state index in [1.807, 2.05) is 0 Å². The zero-order chi connectivity index (χ0) is 13.2. The van der Waals surface area contributed by atoms with Crippen LogP contribution >= 0.6 is 0 Å². The van der Waals surface area contributed by atoms with Gasteiger partial charge in [-0.25, -0.2) is 0 Å². The van der Waals surface area contributed by atoms with Gasteiger partial charge in [0.05, 0.1) is 0 Å². The van der Waals surface area contributed by atoms with E-state index in [0.29, 0.717) is 12.8 Å². The van der Waals surface area contributed by atoms with Gasteiger partial charge in [0.25, 0.3) is 0 Å². The van der Waals surface area contributed by atoms with Crippen LogP contribution in [0.1, 0.15) is 18.4 Å². The summed E-state index contributed by atoms with van der Waals surface area (Å²) in [6, 6.07) is 8.38. The quantitative estimate of drug-likeness (QED) is 0.854. The van der Waals surface area contributed by atoms with Gasteiger partial charge in [-0.3, -0.25) is 4.79 Å². The number of hydrogen-bond acceptors (Lipinski definition) is 3. The molecule has 4 nitrogen and oxygen atoms in total. The number of piperidine rings is 1. The minimum atomic E-state index is -0.749. The number of carbonyl (C=O) groups is 1. The molecule has 1 saturated heterocycles.